The quantitative estimate of drug-likeness (QED) is 0.826. The minimum Gasteiger partial charge on any atom is -0.508 e. The lowest BCUT2D eigenvalue weighted by Crippen LogP contribution is -2.01. The van der Waals surface area contributed by atoms with Gasteiger partial charge in [-0.1, -0.05) is 11.3 Å². The van der Waals surface area contributed by atoms with Gasteiger partial charge in [0, 0.05) is 17.7 Å². The molecule has 1 heterocycles. The largest absolute Gasteiger partial charge is 0.508 e. The van der Waals surface area contributed by atoms with E-state index >= 15 is 0 Å². The van der Waals surface area contributed by atoms with Crippen molar-refractivity contribution >= 4 is 11.8 Å². The Morgan fingerprint density at radius 2 is 2.29 bits per heavy atom. The molecule has 4 nitrogen and oxygen atoms in total. The predicted octanol–water partition coefficient (Wildman–Crippen LogP) is 2.23. The molecule has 0 bridgehead atoms. The van der Waals surface area contributed by atoms with Crippen molar-refractivity contribution < 1.29 is 5.11 Å². The molecule has 0 amide bonds. The van der Waals surface area contributed by atoms with Crippen molar-refractivity contribution in [2.24, 2.45) is 0 Å². The van der Waals surface area contributed by atoms with Crippen molar-refractivity contribution in [3.05, 3.63) is 41.7 Å². The van der Waals surface area contributed by atoms with Gasteiger partial charge in [-0.15, -0.1) is 5.10 Å². The maximum atomic E-state index is 9.31. The second kappa shape index (κ2) is 5.72. The molecule has 0 saturated carbocycles. The SMILES string of the molecule is Cc1cc(O)ccc1CSCCn1ccnn1. The van der Waals surface area contributed by atoms with Gasteiger partial charge >= 0.3 is 0 Å². The van der Waals surface area contributed by atoms with Crippen LogP contribution in [0.15, 0.2) is 30.6 Å². The van der Waals surface area contributed by atoms with Crippen LogP contribution in [-0.4, -0.2) is 25.9 Å². The van der Waals surface area contributed by atoms with Gasteiger partial charge in [-0.2, -0.15) is 11.8 Å². The van der Waals surface area contributed by atoms with Gasteiger partial charge in [-0.05, 0) is 30.2 Å². The summed E-state index contributed by atoms with van der Waals surface area (Å²) in [7, 11) is 0. The van der Waals surface area contributed by atoms with Crippen LogP contribution in [0.5, 0.6) is 5.75 Å². The smallest absolute Gasteiger partial charge is 0.115 e. The number of hydrogen-bond donors (Lipinski definition) is 1. The van der Waals surface area contributed by atoms with Gasteiger partial charge in [0.15, 0.2) is 0 Å². The summed E-state index contributed by atoms with van der Waals surface area (Å²) in [5.74, 6) is 2.30. The van der Waals surface area contributed by atoms with Crippen LogP contribution < -0.4 is 0 Å². The summed E-state index contributed by atoms with van der Waals surface area (Å²) in [5, 5.41) is 17.0. The number of benzene rings is 1. The van der Waals surface area contributed by atoms with E-state index in [0.717, 1.165) is 23.6 Å². The molecule has 0 fully saturated rings. The summed E-state index contributed by atoms with van der Waals surface area (Å²) >= 11 is 1.85. The van der Waals surface area contributed by atoms with Gasteiger partial charge < -0.3 is 5.11 Å². The number of aromatic hydroxyl groups is 1. The van der Waals surface area contributed by atoms with E-state index < -0.39 is 0 Å². The van der Waals surface area contributed by atoms with E-state index in [9.17, 15) is 5.11 Å². The first-order chi connectivity index (χ1) is 8.25. The standard InChI is InChI=1S/C12H15N3OS/c1-10-8-12(16)3-2-11(10)9-17-7-6-15-5-4-13-14-15/h2-5,8,16H,6-7,9H2,1H3. The minimum absolute atomic E-state index is 0.332. The number of aryl methyl sites for hydroxylation is 2. The Morgan fingerprint density at radius 3 is 3.00 bits per heavy atom. The third-order valence-electron chi connectivity index (χ3n) is 2.52. The Morgan fingerprint density at radius 1 is 1.41 bits per heavy atom. The first-order valence-corrected chi connectivity index (χ1v) is 6.61. The Labute approximate surface area is 105 Å². The molecular weight excluding hydrogens is 234 g/mol. The fourth-order valence-corrected chi connectivity index (χ4v) is 2.54. The normalized spacial score (nSPS) is 10.6. The van der Waals surface area contributed by atoms with E-state index in [1.807, 2.05) is 35.6 Å². The summed E-state index contributed by atoms with van der Waals surface area (Å²) in [4.78, 5) is 0. The van der Waals surface area contributed by atoms with Crippen molar-refractivity contribution in [1.29, 1.82) is 0 Å². The van der Waals surface area contributed by atoms with Crippen molar-refractivity contribution in [3.63, 3.8) is 0 Å². The van der Waals surface area contributed by atoms with Crippen LogP contribution in [0.1, 0.15) is 11.1 Å². The monoisotopic (exact) mass is 249 g/mol. The maximum absolute atomic E-state index is 9.31. The molecule has 1 aromatic heterocycles. The van der Waals surface area contributed by atoms with Crippen molar-refractivity contribution in [3.8, 4) is 5.75 Å². The molecule has 2 rings (SSSR count). The highest BCUT2D eigenvalue weighted by molar-refractivity contribution is 7.98. The van der Waals surface area contributed by atoms with Crippen LogP contribution in [-0.2, 0) is 12.3 Å². The average Bonchev–Trinajstić information content (AvgIpc) is 2.79. The third-order valence-corrected chi connectivity index (χ3v) is 3.51. The topological polar surface area (TPSA) is 50.9 Å². The fraction of sp³-hybridized carbons (Fsp3) is 0.333. The molecule has 0 saturated heterocycles. The maximum Gasteiger partial charge on any atom is 0.115 e. The molecule has 90 valence electrons. The van der Waals surface area contributed by atoms with E-state index in [4.69, 9.17) is 0 Å². The predicted molar refractivity (Wildman–Crippen MR) is 69.0 cm³/mol. The summed E-state index contributed by atoms with van der Waals surface area (Å²) in [5.41, 5.74) is 2.41. The fourth-order valence-electron chi connectivity index (χ4n) is 1.53. The molecule has 17 heavy (non-hydrogen) atoms. The highest BCUT2D eigenvalue weighted by atomic mass is 32.2. The molecule has 0 spiro atoms. The molecule has 1 N–H and O–H groups in total. The minimum atomic E-state index is 0.332. The van der Waals surface area contributed by atoms with Crippen molar-refractivity contribution in [2.75, 3.05) is 5.75 Å². The highest BCUT2D eigenvalue weighted by Gasteiger charge is 2.00. The zero-order chi connectivity index (χ0) is 12.1. The Hall–Kier alpha value is -1.49. The van der Waals surface area contributed by atoms with Crippen LogP contribution in [0.4, 0.5) is 0 Å². The van der Waals surface area contributed by atoms with E-state index in [0.29, 0.717) is 5.75 Å². The number of thioether (sulfide) groups is 1. The molecule has 0 radical (unpaired) electrons. The van der Waals surface area contributed by atoms with Crippen molar-refractivity contribution in [2.45, 2.75) is 19.2 Å². The van der Waals surface area contributed by atoms with Crippen LogP contribution >= 0.6 is 11.8 Å². The van der Waals surface area contributed by atoms with Crippen LogP contribution in [0.2, 0.25) is 0 Å². The Balaban J connectivity index is 1.78. The van der Waals surface area contributed by atoms with Gasteiger partial charge in [-0.3, -0.25) is 4.68 Å². The van der Waals surface area contributed by atoms with Crippen LogP contribution in [0, 0.1) is 6.92 Å². The number of hydrogen-bond acceptors (Lipinski definition) is 4. The number of phenolic OH excluding ortho intramolecular Hbond substituents is 1. The molecule has 0 aliphatic carbocycles. The first-order valence-electron chi connectivity index (χ1n) is 5.46. The van der Waals surface area contributed by atoms with Gasteiger partial charge in [-0.25, -0.2) is 0 Å². The summed E-state index contributed by atoms with van der Waals surface area (Å²) in [6, 6.07) is 5.51. The Kier molecular flexibility index (Phi) is 4.03. The number of nitrogens with zero attached hydrogens (tertiary/aromatic N) is 3. The lowest BCUT2D eigenvalue weighted by atomic mass is 10.1. The molecule has 0 atom stereocenters. The Bertz CT molecular complexity index is 471. The molecular formula is C12H15N3OS. The molecule has 5 heteroatoms. The molecule has 0 unspecified atom stereocenters. The first kappa shape index (κ1) is 12.0. The number of aromatic nitrogens is 3. The van der Waals surface area contributed by atoms with E-state index in [2.05, 4.69) is 10.3 Å². The van der Waals surface area contributed by atoms with E-state index in [1.165, 1.54) is 5.56 Å². The van der Waals surface area contributed by atoms with E-state index in [1.54, 1.807) is 18.3 Å². The molecule has 2 aromatic rings. The number of rotatable bonds is 5. The van der Waals surface area contributed by atoms with Crippen LogP contribution in [0.3, 0.4) is 0 Å². The molecule has 0 aliphatic rings. The summed E-state index contributed by atoms with van der Waals surface area (Å²) in [6.07, 6.45) is 3.56. The molecule has 0 aliphatic heterocycles. The van der Waals surface area contributed by atoms with Gasteiger partial charge in [0.1, 0.15) is 5.75 Å². The summed E-state index contributed by atoms with van der Waals surface area (Å²) in [6.45, 7) is 2.90. The lowest BCUT2D eigenvalue weighted by molar-refractivity contribution is 0.474. The second-order valence-electron chi connectivity index (χ2n) is 3.83. The van der Waals surface area contributed by atoms with E-state index in [-0.39, 0.29) is 0 Å². The van der Waals surface area contributed by atoms with Crippen molar-refractivity contribution in [1.82, 2.24) is 15.0 Å². The highest BCUT2D eigenvalue weighted by Crippen LogP contribution is 2.20. The molecule has 1 aromatic carbocycles. The third kappa shape index (κ3) is 3.49. The zero-order valence-corrected chi connectivity index (χ0v) is 10.5. The van der Waals surface area contributed by atoms with Gasteiger partial charge in [0.2, 0.25) is 0 Å². The number of phenols is 1. The zero-order valence-electron chi connectivity index (χ0n) is 9.71. The lowest BCUT2D eigenvalue weighted by Gasteiger charge is -2.06. The van der Waals surface area contributed by atoms with Gasteiger partial charge in [0.05, 0.1) is 12.7 Å². The average molecular weight is 249 g/mol. The summed E-state index contributed by atoms with van der Waals surface area (Å²) < 4.78 is 1.83. The second-order valence-corrected chi connectivity index (χ2v) is 4.93. The van der Waals surface area contributed by atoms with Gasteiger partial charge in [0.25, 0.3) is 0 Å². The van der Waals surface area contributed by atoms with Crippen LogP contribution in [0.25, 0.3) is 0 Å².